The smallest absolute Gasteiger partial charge is 0.378 e. The predicted octanol–water partition coefficient (Wildman–Crippen LogP) is 2.44. The number of nitrogens with zero attached hydrogens (tertiary/aromatic N) is 5. The lowest BCUT2D eigenvalue weighted by Crippen LogP contribution is -2.37. The van der Waals surface area contributed by atoms with Crippen molar-refractivity contribution in [3.05, 3.63) is 23.8 Å². The van der Waals surface area contributed by atoms with Gasteiger partial charge in [-0.05, 0) is 41.5 Å². The van der Waals surface area contributed by atoms with Crippen LogP contribution in [-0.2, 0) is 27.0 Å². The topological polar surface area (TPSA) is 94.4 Å². The number of alkyl halides is 3. The van der Waals surface area contributed by atoms with Crippen molar-refractivity contribution in [2.45, 2.75) is 36.8 Å². The van der Waals surface area contributed by atoms with Crippen LogP contribution in [0.5, 0.6) is 0 Å². The zero-order valence-electron chi connectivity index (χ0n) is 17.2. The first-order valence-corrected chi connectivity index (χ1v) is 11.2. The lowest BCUT2D eigenvalue weighted by molar-refractivity contribution is -0.137. The maximum Gasteiger partial charge on any atom is 0.416 e. The molecule has 1 unspecified atom stereocenters. The molecular formula is C19H23F3N6O3S. The first kappa shape index (κ1) is 22.8. The van der Waals surface area contributed by atoms with Gasteiger partial charge in [-0.15, -0.1) is 5.10 Å². The molecule has 4 rings (SSSR count). The number of hydrogen-bond acceptors (Lipinski definition) is 8. The Kier molecular flexibility index (Phi) is 7.16. The van der Waals surface area contributed by atoms with Crippen LogP contribution in [0.4, 0.5) is 24.5 Å². The molecule has 1 aromatic heterocycles. The van der Waals surface area contributed by atoms with E-state index in [4.69, 9.17) is 9.47 Å². The van der Waals surface area contributed by atoms with E-state index in [1.165, 1.54) is 6.07 Å². The second kappa shape index (κ2) is 10.0. The first-order valence-electron chi connectivity index (χ1n) is 10.2. The zero-order valence-corrected chi connectivity index (χ0v) is 18.0. The minimum absolute atomic E-state index is 0.0351. The second-order valence-corrected chi connectivity index (χ2v) is 8.39. The summed E-state index contributed by atoms with van der Waals surface area (Å²) in [6.07, 6.45) is -2.57. The van der Waals surface area contributed by atoms with Gasteiger partial charge in [0, 0.05) is 19.7 Å². The van der Waals surface area contributed by atoms with E-state index in [2.05, 4.69) is 20.8 Å². The van der Waals surface area contributed by atoms with Gasteiger partial charge in [-0.3, -0.25) is 4.79 Å². The summed E-state index contributed by atoms with van der Waals surface area (Å²) in [5.41, 5.74) is -0.174. The highest BCUT2D eigenvalue weighted by molar-refractivity contribution is 7.99. The summed E-state index contributed by atoms with van der Waals surface area (Å²) in [7, 11) is 0. The van der Waals surface area contributed by atoms with Crippen molar-refractivity contribution in [1.29, 1.82) is 0 Å². The van der Waals surface area contributed by atoms with E-state index in [1.807, 2.05) is 4.90 Å². The van der Waals surface area contributed by atoms with Gasteiger partial charge in [-0.25, -0.2) is 4.68 Å². The van der Waals surface area contributed by atoms with Gasteiger partial charge >= 0.3 is 6.18 Å². The number of thioether (sulfide) groups is 1. The van der Waals surface area contributed by atoms with Crippen molar-refractivity contribution in [2.24, 2.45) is 0 Å². The number of tetrazole rings is 1. The van der Waals surface area contributed by atoms with Gasteiger partial charge in [-0.1, -0.05) is 11.8 Å². The summed E-state index contributed by atoms with van der Waals surface area (Å²) < 4.78 is 52.2. The molecule has 2 aromatic rings. The Morgan fingerprint density at radius 1 is 1.25 bits per heavy atom. The highest BCUT2D eigenvalue weighted by atomic mass is 32.2. The Hall–Kier alpha value is -2.38. The third-order valence-corrected chi connectivity index (χ3v) is 6.14. The van der Waals surface area contributed by atoms with Gasteiger partial charge < -0.3 is 19.7 Å². The fourth-order valence-corrected chi connectivity index (χ4v) is 4.29. The number of aromatic nitrogens is 4. The molecule has 1 atom stereocenters. The van der Waals surface area contributed by atoms with Crippen LogP contribution in [0.15, 0.2) is 23.4 Å². The second-order valence-electron chi connectivity index (χ2n) is 7.44. The van der Waals surface area contributed by atoms with Crippen LogP contribution in [0.3, 0.4) is 0 Å². The number of hydrogen-bond donors (Lipinski definition) is 1. The molecule has 2 fully saturated rings. The van der Waals surface area contributed by atoms with E-state index in [0.29, 0.717) is 50.3 Å². The summed E-state index contributed by atoms with van der Waals surface area (Å²) in [6.45, 7) is 3.20. The fraction of sp³-hybridized carbons (Fsp3) is 0.579. The van der Waals surface area contributed by atoms with Crippen LogP contribution >= 0.6 is 11.8 Å². The molecular weight excluding hydrogens is 449 g/mol. The highest BCUT2D eigenvalue weighted by Crippen LogP contribution is 2.36. The number of benzene rings is 1. The number of anilines is 2. The molecule has 0 aliphatic carbocycles. The fourth-order valence-electron chi connectivity index (χ4n) is 3.60. The summed E-state index contributed by atoms with van der Waals surface area (Å²) in [5.74, 6) is -0.500. The molecule has 9 nitrogen and oxygen atoms in total. The largest absolute Gasteiger partial charge is 0.416 e. The van der Waals surface area contributed by atoms with Crippen LogP contribution in [0.1, 0.15) is 18.4 Å². The van der Waals surface area contributed by atoms with Gasteiger partial charge in [0.2, 0.25) is 11.1 Å². The van der Waals surface area contributed by atoms with Crippen molar-refractivity contribution in [2.75, 3.05) is 48.9 Å². The standard InChI is InChI=1S/C19H23F3N6O3S/c20-19(21,22)13-3-4-16(27-5-8-30-9-6-27)15(10-13)23-17(29)12-32-18-24-25-26-28(18)11-14-2-1-7-31-14/h3-4,10,14H,1-2,5-9,11-12H2,(H,23,29). The Morgan fingerprint density at radius 3 is 2.78 bits per heavy atom. The van der Waals surface area contributed by atoms with E-state index in [9.17, 15) is 18.0 Å². The molecule has 1 N–H and O–H groups in total. The molecule has 1 amide bonds. The summed E-state index contributed by atoms with van der Waals surface area (Å²) in [4.78, 5) is 14.5. The minimum atomic E-state index is -4.51. The van der Waals surface area contributed by atoms with E-state index in [1.54, 1.807) is 4.68 Å². The van der Waals surface area contributed by atoms with Crippen molar-refractivity contribution in [1.82, 2.24) is 20.2 Å². The number of carbonyl (C=O) groups is 1. The van der Waals surface area contributed by atoms with Crippen LogP contribution in [0.25, 0.3) is 0 Å². The van der Waals surface area contributed by atoms with Crippen LogP contribution < -0.4 is 10.2 Å². The third kappa shape index (κ3) is 5.70. The van der Waals surface area contributed by atoms with Gasteiger partial charge in [-0.2, -0.15) is 13.2 Å². The SMILES string of the molecule is O=C(CSc1nnnn1CC1CCCO1)Nc1cc(C(F)(F)F)ccc1N1CCOCC1. The number of nitrogens with one attached hydrogen (secondary N) is 1. The minimum Gasteiger partial charge on any atom is -0.378 e. The van der Waals surface area contributed by atoms with Crippen molar-refractivity contribution in [3.8, 4) is 0 Å². The molecule has 0 radical (unpaired) electrons. The molecule has 2 aliphatic rings. The van der Waals surface area contributed by atoms with Gasteiger partial charge in [0.05, 0.1) is 48.6 Å². The average molecular weight is 472 g/mol. The van der Waals surface area contributed by atoms with Crippen molar-refractivity contribution >= 4 is 29.0 Å². The Morgan fingerprint density at radius 2 is 2.06 bits per heavy atom. The van der Waals surface area contributed by atoms with Gasteiger partial charge in [0.1, 0.15) is 0 Å². The Bertz CT molecular complexity index is 929. The number of rotatable bonds is 7. The maximum absolute atomic E-state index is 13.2. The quantitative estimate of drug-likeness (QED) is 0.615. The summed E-state index contributed by atoms with van der Waals surface area (Å²) in [5, 5.41) is 14.6. The predicted molar refractivity (Wildman–Crippen MR) is 111 cm³/mol. The van der Waals surface area contributed by atoms with E-state index >= 15 is 0 Å². The van der Waals surface area contributed by atoms with Crippen LogP contribution in [-0.4, -0.2) is 70.9 Å². The maximum atomic E-state index is 13.2. The number of morpholine rings is 1. The number of carbonyl (C=O) groups excluding carboxylic acids is 1. The molecule has 1 aromatic carbocycles. The molecule has 2 aliphatic heterocycles. The molecule has 0 saturated carbocycles. The number of amides is 1. The first-order chi connectivity index (χ1) is 15.4. The van der Waals surface area contributed by atoms with Crippen LogP contribution in [0, 0.1) is 0 Å². The Labute approximate surface area is 186 Å². The van der Waals surface area contributed by atoms with E-state index < -0.39 is 17.6 Å². The van der Waals surface area contributed by atoms with Crippen molar-refractivity contribution < 1.29 is 27.4 Å². The average Bonchev–Trinajstić information content (AvgIpc) is 3.45. The normalized spacial score (nSPS) is 19.3. The van der Waals surface area contributed by atoms with Gasteiger partial charge in [0.15, 0.2) is 0 Å². The molecule has 0 spiro atoms. The Balaban J connectivity index is 1.43. The van der Waals surface area contributed by atoms with Gasteiger partial charge in [0.25, 0.3) is 0 Å². The number of halogens is 3. The molecule has 3 heterocycles. The lowest BCUT2D eigenvalue weighted by Gasteiger charge is -2.31. The summed E-state index contributed by atoms with van der Waals surface area (Å²) >= 11 is 1.12. The molecule has 0 bridgehead atoms. The van der Waals surface area contributed by atoms with E-state index in [0.717, 1.165) is 36.7 Å². The van der Waals surface area contributed by atoms with E-state index in [-0.39, 0.29) is 17.5 Å². The summed E-state index contributed by atoms with van der Waals surface area (Å²) in [6, 6.07) is 3.38. The number of ether oxygens (including phenoxy) is 2. The third-order valence-electron chi connectivity index (χ3n) is 5.18. The molecule has 174 valence electrons. The highest BCUT2D eigenvalue weighted by Gasteiger charge is 2.32. The van der Waals surface area contributed by atoms with Crippen molar-refractivity contribution in [3.63, 3.8) is 0 Å². The zero-order chi connectivity index (χ0) is 22.6. The monoisotopic (exact) mass is 472 g/mol. The molecule has 32 heavy (non-hydrogen) atoms. The van der Waals surface area contributed by atoms with Crippen LogP contribution in [0.2, 0.25) is 0 Å². The lowest BCUT2D eigenvalue weighted by atomic mass is 10.1. The molecule has 2 saturated heterocycles. The molecule has 13 heteroatoms.